The topological polar surface area (TPSA) is 106 Å². The number of aliphatic hydroxyl groups is 1. The van der Waals surface area contributed by atoms with Gasteiger partial charge in [-0.25, -0.2) is 14.6 Å². The van der Waals surface area contributed by atoms with E-state index in [9.17, 15) is 4.79 Å². The fourth-order valence-electron chi connectivity index (χ4n) is 2.03. The van der Waals surface area contributed by atoms with E-state index in [0.717, 1.165) is 5.39 Å². The van der Waals surface area contributed by atoms with E-state index in [1.54, 1.807) is 29.3 Å². The summed E-state index contributed by atoms with van der Waals surface area (Å²) in [6, 6.07) is 3.58. The molecule has 9 heteroatoms. The summed E-state index contributed by atoms with van der Waals surface area (Å²) >= 11 is 1.32. The minimum Gasteiger partial charge on any atom is -0.467 e. The van der Waals surface area contributed by atoms with Gasteiger partial charge in [0, 0.05) is 0 Å². The van der Waals surface area contributed by atoms with E-state index in [2.05, 4.69) is 20.4 Å². The molecule has 120 valence electrons. The van der Waals surface area contributed by atoms with E-state index < -0.39 is 0 Å². The normalized spacial score (nSPS) is 11.0. The molecule has 3 rings (SSSR count). The fraction of sp³-hybridized carbons (Fsp3) is 0.286. The lowest BCUT2D eigenvalue weighted by atomic mass is 10.4. The van der Waals surface area contributed by atoms with Gasteiger partial charge in [-0.05, 0) is 12.1 Å². The van der Waals surface area contributed by atoms with Crippen LogP contribution in [0.4, 0.5) is 0 Å². The minimum absolute atomic E-state index is 0.0154. The summed E-state index contributed by atoms with van der Waals surface area (Å²) < 4.78 is 6.77. The van der Waals surface area contributed by atoms with Gasteiger partial charge in [-0.3, -0.25) is 4.79 Å². The van der Waals surface area contributed by atoms with Crippen molar-refractivity contribution in [1.82, 2.24) is 25.1 Å². The summed E-state index contributed by atoms with van der Waals surface area (Å²) in [4.78, 5) is 20.3. The van der Waals surface area contributed by atoms with Crippen molar-refractivity contribution in [2.24, 2.45) is 0 Å². The van der Waals surface area contributed by atoms with Crippen LogP contribution in [0, 0.1) is 0 Å². The van der Waals surface area contributed by atoms with Gasteiger partial charge in [-0.1, -0.05) is 11.8 Å². The zero-order chi connectivity index (χ0) is 16.1. The second kappa shape index (κ2) is 7.25. The van der Waals surface area contributed by atoms with Crippen LogP contribution in [0.15, 0.2) is 40.4 Å². The predicted octanol–water partition coefficient (Wildman–Crippen LogP) is 0.820. The maximum Gasteiger partial charge on any atom is 0.230 e. The first kappa shape index (κ1) is 15.5. The van der Waals surface area contributed by atoms with E-state index in [1.165, 1.54) is 18.1 Å². The van der Waals surface area contributed by atoms with Gasteiger partial charge in [0.05, 0.1) is 43.3 Å². The van der Waals surface area contributed by atoms with Crippen molar-refractivity contribution in [3.05, 3.63) is 36.7 Å². The molecule has 0 aliphatic carbocycles. The molecule has 0 saturated carbocycles. The third-order valence-corrected chi connectivity index (χ3v) is 4.09. The number of nitrogens with one attached hydrogen (secondary N) is 1. The van der Waals surface area contributed by atoms with Gasteiger partial charge in [0.15, 0.2) is 5.65 Å². The Bertz CT molecular complexity index is 787. The molecule has 0 atom stereocenters. The Morgan fingerprint density at radius 3 is 3.13 bits per heavy atom. The number of hydrogen-bond donors (Lipinski definition) is 2. The molecular formula is C14H15N5O3S. The van der Waals surface area contributed by atoms with Crippen molar-refractivity contribution in [3.8, 4) is 0 Å². The number of aromatic nitrogens is 4. The van der Waals surface area contributed by atoms with Crippen LogP contribution in [0.1, 0.15) is 5.76 Å². The number of rotatable bonds is 7. The van der Waals surface area contributed by atoms with Crippen LogP contribution < -0.4 is 5.32 Å². The maximum absolute atomic E-state index is 11.9. The summed E-state index contributed by atoms with van der Waals surface area (Å²) in [7, 11) is 0. The molecule has 0 saturated heterocycles. The Kier molecular flexibility index (Phi) is 4.89. The summed E-state index contributed by atoms with van der Waals surface area (Å²) in [6.07, 6.45) is 4.65. The Morgan fingerprint density at radius 1 is 1.43 bits per heavy atom. The van der Waals surface area contributed by atoms with Crippen LogP contribution in [0.2, 0.25) is 0 Å². The van der Waals surface area contributed by atoms with Crippen molar-refractivity contribution in [3.63, 3.8) is 0 Å². The van der Waals surface area contributed by atoms with Gasteiger partial charge in [-0.2, -0.15) is 5.10 Å². The molecule has 3 aromatic heterocycles. The second-order valence-electron chi connectivity index (χ2n) is 4.65. The quantitative estimate of drug-likeness (QED) is 0.487. The molecule has 0 unspecified atom stereocenters. The average molecular weight is 333 g/mol. The first-order valence-corrected chi connectivity index (χ1v) is 7.95. The lowest BCUT2D eigenvalue weighted by molar-refractivity contribution is -0.118. The number of thioether (sulfide) groups is 1. The number of amides is 1. The molecule has 23 heavy (non-hydrogen) atoms. The highest BCUT2D eigenvalue weighted by molar-refractivity contribution is 8.00. The second-order valence-corrected chi connectivity index (χ2v) is 5.62. The summed E-state index contributed by atoms with van der Waals surface area (Å²) in [5.41, 5.74) is 0.646. The Morgan fingerprint density at radius 2 is 2.35 bits per heavy atom. The van der Waals surface area contributed by atoms with Crippen LogP contribution in [-0.2, 0) is 17.9 Å². The van der Waals surface area contributed by atoms with Gasteiger partial charge in [0.1, 0.15) is 17.1 Å². The molecule has 8 nitrogen and oxygen atoms in total. The van der Waals surface area contributed by atoms with Crippen LogP contribution in [-0.4, -0.2) is 43.1 Å². The van der Waals surface area contributed by atoms with Crippen molar-refractivity contribution in [2.45, 2.75) is 18.1 Å². The zero-order valence-electron chi connectivity index (χ0n) is 12.2. The molecular weight excluding hydrogens is 318 g/mol. The molecule has 1 amide bonds. The minimum atomic E-state index is -0.110. The van der Waals surface area contributed by atoms with Crippen molar-refractivity contribution < 1.29 is 14.3 Å². The number of nitrogens with zero attached hydrogens (tertiary/aromatic N) is 4. The van der Waals surface area contributed by atoms with Gasteiger partial charge < -0.3 is 14.8 Å². The van der Waals surface area contributed by atoms with Gasteiger partial charge >= 0.3 is 0 Å². The molecule has 0 aromatic carbocycles. The highest BCUT2D eigenvalue weighted by atomic mass is 32.2. The van der Waals surface area contributed by atoms with E-state index in [0.29, 0.717) is 29.5 Å². The fourth-order valence-corrected chi connectivity index (χ4v) is 2.82. The Labute approximate surface area is 135 Å². The number of carbonyl (C=O) groups excluding carboxylic acids is 1. The zero-order valence-corrected chi connectivity index (χ0v) is 13.0. The number of furan rings is 1. The monoisotopic (exact) mass is 333 g/mol. The Balaban J connectivity index is 1.61. The van der Waals surface area contributed by atoms with Crippen LogP contribution in [0.3, 0.4) is 0 Å². The SMILES string of the molecule is O=C(CSc1ncnc2c1cnn2CCO)NCc1ccco1. The van der Waals surface area contributed by atoms with E-state index in [1.807, 2.05) is 0 Å². The summed E-state index contributed by atoms with van der Waals surface area (Å²) in [5.74, 6) is 0.830. The third-order valence-electron chi connectivity index (χ3n) is 3.09. The largest absolute Gasteiger partial charge is 0.467 e. The molecule has 0 spiro atoms. The summed E-state index contributed by atoms with van der Waals surface area (Å²) in [5, 5.41) is 17.4. The highest BCUT2D eigenvalue weighted by Crippen LogP contribution is 2.23. The lowest BCUT2D eigenvalue weighted by Gasteiger charge is -2.04. The maximum atomic E-state index is 11.9. The van der Waals surface area contributed by atoms with Crippen LogP contribution >= 0.6 is 11.8 Å². The predicted molar refractivity (Wildman–Crippen MR) is 83.7 cm³/mol. The average Bonchev–Trinajstić information content (AvgIpc) is 3.21. The van der Waals surface area contributed by atoms with Gasteiger partial charge in [-0.15, -0.1) is 0 Å². The summed E-state index contributed by atoms with van der Waals surface area (Å²) in [6.45, 7) is 0.715. The number of hydrogen-bond acceptors (Lipinski definition) is 7. The molecule has 0 bridgehead atoms. The van der Waals surface area contributed by atoms with Crippen molar-refractivity contribution in [2.75, 3.05) is 12.4 Å². The highest BCUT2D eigenvalue weighted by Gasteiger charge is 2.12. The van der Waals surface area contributed by atoms with E-state index >= 15 is 0 Å². The van der Waals surface area contributed by atoms with E-state index in [4.69, 9.17) is 9.52 Å². The van der Waals surface area contributed by atoms with E-state index in [-0.39, 0.29) is 18.3 Å². The molecule has 0 aliphatic rings. The first-order chi connectivity index (χ1) is 11.3. The lowest BCUT2D eigenvalue weighted by Crippen LogP contribution is -2.24. The number of aliphatic hydroxyl groups excluding tert-OH is 1. The molecule has 3 heterocycles. The molecule has 0 radical (unpaired) electrons. The number of carbonyl (C=O) groups is 1. The van der Waals surface area contributed by atoms with Crippen molar-refractivity contribution in [1.29, 1.82) is 0 Å². The third kappa shape index (κ3) is 3.69. The smallest absolute Gasteiger partial charge is 0.230 e. The van der Waals surface area contributed by atoms with Gasteiger partial charge in [0.2, 0.25) is 5.91 Å². The Hall–Kier alpha value is -2.39. The van der Waals surface area contributed by atoms with Crippen LogP contribution in [0.5, 0.6) is 0 Å². The molecule has 0 aliphatic heterocycles. The molecule has 2 N–H and O–H groups in total. The van der Waals surface area contributed by atoms with Crippen LogP contribution in [0.25, 0.3) is 11.0 Å². The standard InChI is InChI=1S/C14H15N5O3S/c20-4-3-19-13-11(7-18-19)14(17-9-16-13)23-8-12(21)15-6-10-2-1-5-22-10/h1-2,5,7,9,20H,3-4,6,8H2,(H,15,21). The van der Waals surface area contributed by atoms with Gasteiger partial charge in [0.25, 0.3) is 0 Å². The first-order valence-electron chi connectivity index (χ1n) is 6.97. The molecule has 3 aromatic rings. The van der Waals surface area contributed by atoms with Crippen molar-refractivity contribution >= 4 is 28.7 Å². The molecule has 0 fully saturated rings. The number of fused-ring (bicyclic) bond motifs is 1.